The van der Waals surface area contributed by atoms with Gasteiger partial charge in [-0.3, -0.25) is 4.79 Å². The molecule has 1 heterocycles. The van der Waals surface area contributed by atoms with E-state index in [0.29, 0.717) is 6.54 Å². The molecule has 0 aromatic carbocycles. The SMILES string of the molecule is CCNC(=O)Cn1nnc(C(=O)O)c1COC. The third-order valence-corrected chi connectivity index (χ3v) is 1.99. The van der Waals surface area contributed by atoms with E-state index in [2.05, 4.69) is 15.6 Å². The second kappa shape index (κ2) is 5.94. The third kappa shape index (κ3) is 3.25. The summed E-state index contributed by atoms with van der Waals surface area (Å²) in [5.41, 5.74) is 0.0717. The van der Waals surface area contributed by atoms with E-state index in [9.17, 15) is 9.59 Å². The molecule has 0 radical (unpaired) electrons. The van der Waals surface area contributed by atoms with Crippen LogP contribution in [0.4, 0.5) is 0 Å². The highest BCUT2D eigenvalue weighted by atomic mass is 16.5. The lowest BCUT2D eigenvalue weighted by atomic mass is 10.3. The van der Waals surface area contributed by atoms with Crippen LogP contribution in [0, 0.1) is 0 Å². The molecule has 2 N–H and O–H groups in total. The number of aromatic nitrogens is 3. The number of carbonyl (C=O) groups is 2. The number of methoxy groups -OCH3 is 1. The first kappa shape index (κ1) is 13.1. The zero-order valence-electron chi connectivity index (χ0n) is 9.63. The predicted molar refractivity (Wildman–Crippen MR) is 56.4 cm³/mol. The fourth-order valence-electron chi connectivity index (χ4n) is 1.29. The molecule has 0 aliphatic rings. The molecule has 94 valence electrons. The summed E-state index contributed by atoms with van der Waals surface area (Å²) in [5, 5.41) is 18.6. The van der Waals surface area contributed by atoms with E-state index >= 15 is 0 Å². The molecule has 0 spiro atoms. The molecule has 0 fully saturated rings. The van der Waals surface area contributed by atoms with E-state index in [0.717, 1.165) is 0 Å². The van der Waals surface area contributed by atoms with Gasteiger partial charge in [0, 0.05) is 13.7 Å². The number of amides is 1. The lowest BCUT2D eigenvalue weighted by Crippen LogP contribution is -2.28. The largest absolute Gasteiger partial charge is 0.476 e. The summed E-state index contributed by atoms with van der Waals surface area (Å²) in [6.45, 7) is 2.25. The van der Waals surface area contributed by atoms with Crippen molar-refractivity contribution in [3.05, 3.63) is 11.4 Å². The quantitative estimate of drug-likeness (QED) is 0.680. The van der Waals surface area contributed by atoms with Gasteiger partial charge in [-0.15, -0.1) is 5.10 Å². The monoisotopic (exact) mass is 242 g/mol. The van der Waals surface area contributed by atoms with E-state index < -0.39 is 5.97 Å². The Bertz CT molecular complexity index is 415. The maximum Gasteiger partial charge on any atom is 0.358 e. The summed E-state index contributed by atoms with van der Waals surface area (Å²) in [4.78, 5) is 22.2. The highest BCUT2D eigenvalue weighted by Gasteiger charge is 2.19. The van der Waals surface area contributed by atoms with Crippen molar-refractivity contribution in [3.63, 3.8) is 0 Å². The van der Waals surface area contributed by atoms with Crippen molar-refractivity contribution in [2.45, 2.75) is 20.1 Å². The van der Waals surface area contributed by atoms with Gasteiger partial charge in [-0.1, -0.05) is 5.21 Å². The second-order valence-electron chi connectivity index (χ2n) is 3.23. The summed E-state index contributed by atoms with van der Waals surface area (Å²) in [5.74, 6) is -1.45. The second-order valence-corrected chi connectivity index (χ2v) is 3.23. The van der Waals surface area contributed by atoms with Crippen LogP contribution in [0.2, 0.25) is 0 Å². The van der Waals surface area contributed by atoms with Gasteiger partial charge in [-0.2, -0.15) is 0 Å². The zero-order chi connectivity index (χ0) is 12.8. The van der Waals surface area contributed by atoms with E-state index in [1.165, 1.54) is 11.8 Å². The lowest BCUT2D eigenvalue weighted by molar-refractivity contribution is -0.121. The van der Waals surface area contributed by atoms with Gasteiger partial charge in [-0.25, -0.2) is 9.48 Å². The average Bonchev–Trinajstić information content (AvgIpc) is 2.63. The topological polar surface area (TPSA) is 106 Å². The number of aromatic carboxylic acids is 1. The Kier molecular flexibility index (Phi) is 4.58. The average molecular weight is 242 g/mol. The van der Waals surface area contributed by atoms with E-state index in [-0.39, 0.29) is 30.4 Å². The number of likely N-dealkylation sites (N-methyl/N-ethyl adjacent to an activating group) is 1. The normalized spacial score (nSPS) is 10.2. The maximum absolute atomic E-state index is 11.4. The first-order chi connectivity index (χ1) is 8.10. The lowest BCUT2D eigenvalue weighted by Gasteiger charge is -2.05. The van der Waals surface area contributed by atoms with Crippen molar-refractivity contribution in [3.8, 4) is 0 Å². The fourth-order valence-corrected chi connectivity index (χ4v) is 1.29. The summed E-state index contributed by atoms with van der Waals surface area (Å²) >= 11 is 0. The Morgan fingerprint density at radius 1 is 1.53 bits per heavy atom. The van der Waals surface area contributed by atoms with Crippen LogP contribution in [0.5, 0.6) is 0 Å². The fraction of sp³-hybridized carbons (Fsp3) is 0.556. The van der Waals surface area contributed by atoms with Crippen LogP contribution in [-0.2, 0) is 22.7 Å². The molecule has 1 aromatic heterocycles. The maximum atomic E-state index is 11.4. The number of rotatable bonds is 6. The molecular formula is C9H14N4O4. The minimum Gasteiger partial charge on any atom is -0.476 e. The van der Waals surface area contributed by atoms with Crippen LogP contribution in [-0.4, -0.2) is 45.6 Å². The van der Waals surface area contributed by atoms with Crippen molar-refractivity contribution >= 4 is 11.9 Å². The number of hydrogen-bond donors (Lipinski definition) is 2. The molecule has 0 saturated carbocycles. The number of carbonyl (C=O) groups excluding carboxylic acids is 1. The van der Waals surface area contributed by atoms with Gasteiger partial charge in [0.15, 0.2) is 5.69 Å². The van der Waals surface area contributed by atoms with Crippen LogP contribution >= 0.6 is 0 Å². The van der Waals surface area contributed by atoms with Crippen LogP contribution in [0.1, 0.15) is 23.1 Å². The van der Waals surface area contributed by atoms with Gasteiger partial charge < -0.3 is 15.2 Å². The molecule has 1 rings (SSSR count). The van der Waals surface area contributed by atoms with Crippen molar-refractivity contribution in [2.75, 3.05) is 13.7 Å². The molecule has 0 aliphatic heterocycles. The first-order valence-corrected chi connectivity index (χ1v) is 5.01. The van der Waals surface area contributed by atoms with E-state index in [1.807, 2.05) is 0 Å². The summed E-state index contributed by atoms with van der Waals surface area (Å²) in [6, 6.07) is 0. The van der Waals surface area contributed by atoms with Crippen molar-refractivity contribution in [2.24, 2.45) is 0 Å². The summed E-state index contributed by atoms with van der Waals surface area (Å²) in [7, 11) is 1.43. The molecule has 0 saturated heterocycles. The number of carboxylic acids is 1. The summed E-state index contributed by atoms with van der Waals surface area (Å²) < 4.78 is 6.08. The Hall–Kier alpha value is -1.96. The highest BCUT2D eigenvalue weighted by molar-refractivity contribution is 5.86. The van der Waals surface area contributed by atoms with Crippen molar-refractivity contribution in [1.29, 1.82) is 0 Å². The van der Waals surface area contributed by atoms with Crippen molar-refractivity contribution < 1.29 is 19.4 Å². The number of ether oxygens (including phenoxy) is 1. The third-order valence-electron chi connectivity index (χ3n) is 1.99. The zero-order valence-corrected chi connectivity index (χ0v) is 9.63. The molecule has 0 atom stereocenters. The Labute approximate surface area is 97.6 Å². The van der Waals surface area contributed by atoms with Crippen LogP contribution in [0.3, 0.4) is 0 Å². The van der Waals surface area contributed by atoms with Crippen LogP contribution < -0.4 is 5.32 Å². The molecule has 0 bridgehead atoms. The van der Waals surface area contributed by atoms with Gasteiger partial charge in [0.05, 0.1) is 12.3 Å². The predicted octanol–water partition coefficient (Wildman–Crippen LogP) is -0.741. The van der Waals surface area contributed by atoms with Gasteiger partial charge in [0.1, 0.15) is 6.54 Å². The van der Waals surface area contributed by atoms with Gasteiger partial charge in [-0.05, 0) is 6.92 Å². The Morgan fingerprint density at radius 3 is 2.76 bits per heavy atom. The molecule has 1 amide bonds. The number of carboxylic acid groups (broad SMARTS) is 1. The smallest absolute Gasteiger partial charge is 0.358 e. The Balaban J connectivity index is 2.91. The van der Waals surface area contributed by atoms with Crippen LogP contribution in [0.25, 0.3) is 0 Å². The van der Waals surface area contributed by atoms with Crippen LogP contribution in [0.15, 0.2) is 0 Å². The molecule has 1 aromatic rings. The standard InChI is InChI=1S/C9H14N4O4/c1-3-10-7(14)4-13-6(5-17-2)8(9(15)16)11-12-13/h3-5H2,1-2H3,(H,10,14)(H,15,16). The van der Waals surface area contributed by atoms with E-state index in [1.54, 1.807) is 6.92 Å². The van der Waals surface area contributed by atoms with Gasteiger partial charge in [0.2, 0.25) is 5.91 Å². The molecule has 8 nitrogen and oxygen atoms in total. The van der Waals surface area contributed by atoms with Crippen molar-refractivity contribution in [1.82, 2.24) is 20.3 Å². The number of nitrogens with one attached hydrogen (secondary N) is 1. The molecule has 17 heavy (non-hydrogen) atoms. The van der Waals surface area contributed by atoms with Gasteiger partial charge in [0.25, 0.3) is 0 Å². The summed E-state index contributed by atoms with van der Waals surface area (Å²) in [6.07, 6.45) is 0. The van der Waals surface area contributed by atoms with Gasteiger partial charge >= 0.3 is 5.97 Å². The first-order valence-electron chi connectivity index (χ1n) is 5.01. The number of nitrogens with zero attached hydrogens (tertiary/aromatic N) is 3. The molecule has 0 unspecified atom stereocenters. The minimum absolute atomic E-state index is 0.0358. The Morgan fingerprint density at radius 2 is 2.24 bits per heavy atom. The van der Waals surface area contributed by atoms with E-state index in [4.69, 9.17) is 9.84 Å². The molecule has 0 aliphatic carbocycles. The number of hydrogen-bond acceptors (Lipinski definition) is 5. The molecule has 8 heteroatoms. The minimum atomic E-state index is -1.20. The molecular weight excluding hydrogens is 228 g/mol. The highest BCUT2D eigenvalue weighted by Crippen LogP contribution is 2.06.